The van der Waals surface area contributed by atoms with E-state index in [0.717, 1.165) is 0 Å². The molecule has 3 aliphatic rings. The van der Waals surface area contributed by atoms with E-state index in [-0.39, 0.29) is 135 Å². The summed E-state index contributed by atoms with van der Waals surface area (Å²) < 4.78 is 319. The van der Waals surface area contributed by atoms with Crippen LogP contribution in [0.3, 0.4) is 0 Å². The maximum absolute atomic E-state index is 15.0. The highest BCUT2D eigenvalue weighted by Crippen LogP contribution is 2.54. The predicted octanol–water partition coefficient (Wildman–Crippen LogP) is 11.4. The summed E-state index contributed by atoms with van der Waals surface area (Å²) in [6.07, 6.45) is -20.5. The van der Waals surface area contributed by atoms with Gasteiger partial charge in [0, 0.05) is 85.8 Å². The number of benzene rings is 3. The van der Waals surface area contributed by atoms with Gasteiger partial charge >= 0.3 is 69.5 Å². The number of nitrogens with one attached hydrogen (secondary N) is 4. The number of fused-ring (bicyclic) bond motifs is 2. The second-order valence-corrected chi connectivity index (χ2v) is 31.1. The van der Waals surface area contributed by atoms with Gasteiger partial charge in [0.15, 0.2) is 5.71 Å². The Hall–Kier alpha value is -7.81. The number of nitrogens with zero attached hydrogens (tertiary/aromatic N) is 2. The molecule has 3 aromatic rings. The molecule has 43 heteroatoms. The molecule has 0 spiro atoms. The van der Waals surface area contributed by atoms with Crippen LogP contribution in [0.25, 0.3) is 0 Å². The van der Waals surface area contributed by atoms with Crippen molar-refractivity contribution in [3.8, 4) is 5.75 Å². The van der Waals surface area contributed by atoms with Crippen molar-refractivity contribution in [3.63, 3.8) is 0 Å². The number of amides is 4. The molecule has 2 aliphatic heterocycles. The SMILES string of the molecule is CC1(C)C(/C=C2\C(=O)C(/C=C3/N(CCCCCC(=O)Oc4c(F)c(F)c(F)c(F)c4F)c4ccc(P(=O)(OCCCCNC(=O)C(F)(F)F)OCCCCNC(=O)C(F)(F)F)cc4C3(C)C)=C2O)=[N+](CCCS(=O)(=O)[O-])c2ccc(P(=O)(OCCCCNC(=O)C(F)(F)F)OCCCCNC(=O)C(F)(F)F)cc21. The van der Waals surface area contributed by atoms with E-state index in [2.05, 4.69) is 4.74 Å². The first kappa shape index (κ1) is 89.1. The van der Waals surface area contributed by atoms with Crippen LogP contribution in [-0.4, -0.2) is 160 Å². The number of Topliss-reactive ketones (excluding diaryl/α,β-unsaturated/α-hetero) is 1. The molecule has 0 saturated heterocycles. The Morgan fingerprint density at radius 2 is 0.963 bits per heavy atom. The van der Waals surface area contributed by atoms with Gasteiger partial charge in [-0.05, 0) is 120 Å². The summed E-state index contributed by atoms with van der Waals surface area (Å²) in [4.78, 5) is 74.6. The van der Waals surface area contributed by atoms with Crippen molar-refractivity contribution in [3.05, 3.63) is 111 Å². The Labute approximate surface area is 605 Å². The Balaban J connectivity index is 1.37. The molecule has 0 aromatic heterocycles. The van der Waals surface area contributed by atoms with E-state index in [1.54, 1.807) is 53.9 Å². The normalized spacial score (nSPS) is 16.1. The van der Waals surface area contributed by atoms with Crippen LogP contribution >= 0.6 is 15.2 Å². The average Bonchev–Trinajstić information content (AvgIpc) is 1.54. The van der Waals surface area contributed by atoms with Crippen LogP contribution in [0.1, 0.15) is 122 Å². The molecule has 0 fully saturated rings. The van der Waals surface area contributed by atoms with Crippen LogP contribution in [0.4, 0.5) is 86.0 Å². The first-order valence-electron chi connectivity index (χ1n) is 33.0. The Morgan fingerprint density at radius 3 is 1.37 bits per heavy atom. The van der Waals surface area contributed by atoms with E-state index >= 15 is 0 Å². The van der Waals surface area contributed by atoms with Gasteiger partial charge in [-0.25, -0.2) is 21.6 Å². The minimum atomic E-state index is -5.21. The van der Waals surface area contributed by atoms with Gasteiger partial charge in [0.05, 0.1) is 63.7 Å². The third-order valence-electron chi connectivity index (χ3n) is 16.9. The zero-order valence-electron chi connectivity index (χ0n) is 57.7. The van der Waals surface area contributed by atoms with E-state index in [0.29, 0.717) is 11.3 Å². The largest absolute Gasteiger partial charge is 0.748 e. The third kappa shape index (κ3) is 22.9. The highest BCUT2D eigenvalue weighted by atomic mass is 32.2. The topological polar surface area (TPSA) is 315 Å². The molecule has 0 atom stereocenters. The number of carbonyl (C=O) groups excluding carboxylic acids is 6. The van der Waals surface area contributed by atoms with Crippen molar-refractivity contribution in [1.82, 2.24) is 21.3 Å². The second-order valence-electron chi connectivity index (χ2n) is 25.5. The highest BCUT2D eigenvalue weighted by Gasteiger charge is 2.50. The van der Waals surface area contributed by atoms with Crippen molar-refractivity contribution in [2.75, 3.05) is 76.3 Å². The van der Waals surface area contributed by atoms with Gasteiger partial charge in [0.2, 0.25) is 46.3 Å². The first-order chi connectivity index (χ1) is 50.0. The zero-order chi connectivity index (χ0) is 80.9. The predicted molar refractivity (Wildman–Crippen MR) is 348 cm³/mol. The molecule has 0 bridgehead atoms. The number of hydrogen-bond acceptors (Lipinski definition) is 18. The first-order valence-corrected chi connectivity index (χ1v) is 37.6. The van der Waals surface area contributed by atoms with Gasteiger partial charge < -0.3 is 58.7 Å². The number of rotatable bonds is 39. The fourth-order valence-corrected chi connectivity index (χ4v) is 15.0. The summed E-state index contributed by atoms with van der Waals surface area (Å²) in [6.45, 7) is 2.07. The molecule has 6 rings (SSSR count). The maximum Gasteiger partial charge on any atom is 0.471 e. The summed E-state index contributed by atoms with van der Waals surface area (Å²) in [5.41, 5.74) is -2.00. The fourth-order valence-electron chi connectivity index (χ4n) is 11.2. The highest BCUT2D eigenvalue weighted by molar-refractivity contribution is 7.85. The van der Waals surface area contributed by atoms with E-state index in [4.69, 9.17) is 18.1 Å². The molecule has 23 nitrogen and oxygen atoms in total. The number of alkyl halides is 12. The Kier molecular flexibility index (Phi) is 30.0. The lowest BCUT2D eigenvalue weighted by atomic mass is 9.77. The summed E-state index contributed by atoms with van der Waals surface area (Å²) in [5, 5.41) is 18.4. The van der Waals surface area contributed by atoms with Crippen LogP contribution in [0.5, 0.6) is 5.75 Å². The molecule has 0 unspecified atom stereocenters. The standard InChI is InChI=1S/C65H73F17N6O17P2S/c1-60(2)41-33-37(106(96,101-28-12-7-22-83-56(92)62(71,72)73)102-29-13-8-23-84-57(93)63(74,75)76)18-20-43(41)87(26-11-5-6-17-47(89)105-55-51(69)49(67)48(66)50(68)52(55)70)45(60)35-39-53(90)40(54(39)91)36-46-61(3,4)42-34-38(19-21-44(42)88(46)27-16-32-108(98,99)100)107(97,103-30-14-9-24-85-58(94)64(77,78)79)104-31-15-10-25-86-59(95)65(80,81)82/h18-21,33-36H,5-17,22-32H2,1-4H3,(H5-,83,84,85,86,90,91,92,93,94,95,98,99,100). The molecule has 2 heterocycles. The van der Waals surface area contributed by atoms with Gasteiger partial charge in [-0.2, -0.15) is 66.0 Å². The molecule has 1 aliphatic carbocycles. The van der Waals surface area contributed by atoms with Crippen molar-refractivity contribution >= 4 is 88.4 Å². The fraction of sp³-hybridized carbons (Fsp3) is 0.523. The van der Waals surface area contributed by atoms with Crippen LogP contribution in [0.15, 0.2) is 71.2 Å². The van der Waals surface area contributed by atoms with E-state index < -0.39 is 202 Å². The molecular formula is C65H73F17N6O17P2S. The molecule has 108 heavy (non-hydrogen) atoms. The minimum Gasteiger partial charge on any atom is -0.748 e. The minimum absolute atomic E-state index is 0.0469. The zero-order valence-corrected chi connectivity index (χ0v) is 60.3. The molecule has 0 radical (unpaired) electrons. The number of aliphatic hydroxyl groups is 1. The quantitative estimate of drug-likeness (QED) is 0.00338. The van der Waals surface area contributed by atoms with Crippen LogP contribution in [0, 0.1) is 29.1 Å². The van der Waals surface area contributed by atoms with Gasteiger partial charge in [0.25, 0.3) is 0 Å². The van der Waals surface area contributed by atoms with Gasteiger partial charge in [-0.15, -0.1) is 0 Å². The number of halogens is 17. The number of ether oxygens (including phenoxy) is 1. The smallest absolute Gasteiger partial charge is 0.471 e. The average molecular weight is 1630 g/mol. The molecule has 600 valence electrons. The van der Waals surface area contributed by atoms with Crippen LogP contribution in [0.2, 0.25) is 0 Å². The Morgan fingerprint density at radius 1 is 0.556 bits per heavy atom. The van der Waals surface area contributed by atoms with Gasteiger partial charge in [-0.3, -0.25) is 37.9 Å². The summed E-state index contributed by atoms with van der Waals surface area (Å²) in [5.74, 6) is -26.7. The van der Waals surface area contributed by atoms with Gasteiger partial charge in [0.1, 0.15) is 12.3 Å². The van der Waals surface area contributed by atoms with Crippen LogP contribution < -0.4 is 41.5 Å². The number of allylic oxidation sites excluding steroid dienone is 5. The van der Waals surface area contributed by atoms with E-state index in [1.165, 1.54) is 53.1 Å². The van der Waals surface area contributed by atoms with Crippen LogP contribution in [-0.2, 0) is 76.9 Å². The second kappa shape index (κ2) is 36.4. The van der Waals surface area contributed by atoms with Gasteiger partial charge in [-0.1, -0.05) is 20.3 Å². The third-order valence-corrected chi connectivity index (χ3v) is 21.6. The van der Waals surface area contributed by atoms with Crippen molar-refractivity contribution in [2.24, 2.45) is 0 Å². The number of anilines is 1. The summed E-state index contributed by atoms with van der Waals surface area (Å²) in [7, 11) is -14.1. The molecule has 5 N–H and O–H groups in total. The van der Waals surface area contributed by atoms with Crippen molar-refractivity contribution < 1.29 is 158 Å². The number of ketones is 1. The number of carbonyl (C=O) groups is 6. The number of esters is 1. The maximum atomic E-state index is 15.0. The van der Waals surface area contributed by atoms with E-state index in [1.807, 2.05) is 0 Å². The number of unbranched alkanes of at least 4 members (excludes halogenated alkanes) is 6. The lowest BCUT2D eigenvalue weighted by Crippen LogP contribution is -2.37. The van der Waals surface area contributed by atoms with Crippen molar-refractivity contribution in [2.45, 2.75) is 147 Å². The van der Waals surface area contributed by atoms with Crippen molar-refractivity contribution in [1.29, 1.82) is 0 Å². The summed E-state index contributed by atoms with van der Waals surface area (Å²) in [6, 6.07) is 8.03. The summed E-state index contributed by atoms with van der Waals surface area (Å²) >= 11 is 0. The lowest BCUT2D eigenvalue weighted by molar-refractivity contribution is -0.437. The molecule has 0 saturated carbocycles. The molecule has 4 amide bonds. The number of hydrogen-bond donors (Lipinski definition) is 5. The van der Waals surface area contributed by atoms with E-state index in [9.17, 15) is 131 Å². The lowest BCUT2D eigenvalue weighted by Gasteiger charge is -2.29. The number of aliphatic hydroxyl groups excluding tert-OH is 1. The Bertz CT molecular complexity index is 4130. The molecular weight excluding hydrogens is 1550 g/mol. The molecule has 3 aromatic carbocycles. The monoisotopic (exact) mass is 1630 g/mol.